The minimum atomic E-state index is -0.339. The van der Waals surface area contributed by atoms with E-state index in [-0.39, 0.29) is 11.5 Å². The lowest BCUT2D eigenvalue weighted by Gasteiger charge is -2.13. The number of aromatic nitrogens is 3. The smallest absolute Gasteiger partial charge is 0.291 e. The highest BCUT2D eigenvalue weighted by Crippen LogP contribution is 2.35. The van der Waals surface area contributed by atoms with Gasteiger partial charge in [0.25, 0.3) is 11.5 Å². The highest BCUT2D eigenvalue weighted by Gasteiger charge is 2.33. The molecule has 0 unspecified atom stereocenters. The summed E-state index contributed by atoms with van der Waals surface area (Å²) in [4.78, 5) is 32.8. The number of rotatable bonds is 3. The molecule has 0 N–H and O–H groups in total. The van der Waals surface area contributed by atoms with Crippen LogP contribution in [0.25, 0.3) is 21.9 Å². The van der Waals surface area contributed by atoms with Crippen molar-refractivity contribution in [3.8, 4) is 11.4 Å². The van der Waals surface area contributed by atoms with Crippen molar-refractivity contribution < 1.29 is 4.79 Å². The first-order valence-electron chi connectivity index (χ1n) is 8.81. The Kier molecular flexibility index (Phi) is 4.18. The maximum absolute atomic E-state index is 13.1. The van der Waals surface area contributed by atoms with E-state index in [0.29, 0.717) is 27.4 Å². The third-order valence-corrected chi connectivity index (χ3v) is 6.46. The molecule has 0 fully saturated rings. The van der Waals surface area contributed by atoms with E-state index in [1.807, 2.05) is 48.5 Å². The summed E-state index contributed by atoms with van der Waals surface area (Å²) in [6, 6.07) is 15.0. The van der Waals surface area contributed by atoms with E-state index < -0.39 is 0 Å². The second kappa shape index (κ2) is 6.75. The average molecular weight is 465 g/mol. The van der Waals surface area contributed by atoms with Crippen molar-refractivity contribution in [3.63, 3.8) is 0 Å². The first kappa shape index (κ1) is 18.0. The highest BCUT2D eigenvalue weighted by atomic mass is 79.9. The van der Waals surface area contributed by atoms with Crippen LogP contribution in [-0.2, 0) is 4.79 Å². The fourth-order valence-corrected chi connectivity index (χ4v) is 4.91. The molecule has 5 rings (SSSR count). The Bertz CT molecular complexity index is 1420. The standard InChI is InChI=1S/C21H13BrN4O2S/c1-2-11-25-15-10-6-4-8-13(15)16(19(25)27)17-20(28)26-21(29-17)23-18(24-26)12-7-3-5-9-14(12)22/h2-10H,1,11H2/b17-16-. The van der Waals surface area contributed by atoms with Gasteiger partial charge < -0.3 is 4.90 Å². The van der Waals surface area contributed by atoms with Crippen molar-refractivity contribution in [1.29, 1.82) is 0 Å². The third-order valence-electron chi connectivity index (χ3n) is 4.73. The summed E-state index contributed by atoms with van der Waals surface area (Å²) in [6.07, 6.45) is 1.67. The minimum Gasteiger partial charge on any atom is -0.304 e. The number of hydrogen-bond donors (Lipinski definition) is 0. The van der Waals surface area contributed by atoms with E-state index in [4.69, 9.17) is 0 Å². The molecule has 1 amide bonds. The number of thiazole rings is 1. The minimum absolute atomic E-state index is 0.210. The summed E-state index contributed by atoms with van der Waals surface area (Å²) in [7, 11) is 0. The lowest BCUT2D eigenvalue weighted by Crippen LogP contribution is -2.32. The van der Waals surface area contributed by atoms with Gasteiger partial charge in [0, 0.05) is 22.1 Å². The number of amides is 1. The molecule has 0 saturated carbocycles. The zero-order valence-corrected chi connectivity index (χ0v) is 17.4. The molecular weight excluding hydrogens is 452 g/mol. The second-order valence-electron chi connectivity index (χ2n) is 6.44. The number of benzene rings is 2. The zero-order chi connectivity index (χ0) is 20.1. The lowest BCUT2D eigenvalue weighted by atomic mass is 10.1. The van der Waals surface area contributed by atoms with Crippen molar-refractivity contribution in [2.24, 2.45) is 0 Å². The molecule has 0 bridgehead atoms. The van der Waals surface area contributed by atoms with Gasteiger partial charge in [-0.05, 0) is 18.2 Å². The van der Waals surface area contributed by atoms with Gasteiger partial charge in [-0.1, -0.05) is 63.7 Å². The SMILES string of the molecule is C=CCN1C(=O)/C(=c2\sc3nc(-c4ccccc4Br)nn3c2=O)c2ccccc21. The van der Waals surface area contributed by atoms with Crippen LogP contribution < -0.4 is 15.0 Å². The Hall–Kier alpha value is -3.10. The van der Waals surface area contributed by atoms with Crippen LogP contribution in [0.1, 0.15) is 5.56 Å². The van der Waals surface area contributed by atoms with Crippen LogP contribution in [0.2, 0.25) is 0 Å². The number of halogens is 1. The Balaban J connectivity index is 1.75. The Morgan fingerprint density at radius 2 is 1.79 bits per heavy atom. The lowest BCUT2D eigenvalue weighted by molar-refractivity contribution is -0.112. The van der Waals surface area contributed by atoms with E-state index in [0.717, 1.165) is 21.3 Å². The van der Waals surface area contributed by atoms with E-state index in [9.17, 15) is 9.59 Å². The molecule has 0 spiro atoms. The Labute approximate surface area is 177 Å². The summed E-state index contributed by atoms with van der Waals surface area (Å²) < 4.78 is 2.47. The van der Waals surface area contributed by atoms with Crippen LogP contribution >= 0.6 is 27.3 Å². The van der Waals surface area contributed by atoms with E-state index in [1.165, 1.54) is 15.9 Å². The fourth-order valence-electron chi connectivity index (χ4n) is 3.45. The summed E-state index contributed by atoms with van der Waals surface area (Å²) >= 11 is 4.67. The van der Waals surface area contributed by atoms with Gasteiger partial charge in [-0.25, -0.2) is 0 Å². The van der Waals surface area contributed by atoms with Gasteiger partial charge in [-0.2, -0.15) is 9.50 Å². The molecule has 3 heterocycles. The van der Waals surface area contributed by atoms with Gasteiger partial charge in [0.05, 0.1) is 11.3 Å². The molecule has 8 heteroatoms. The number of carbonyl (C=O) groups excluding carboxylic acids is 1. The number of fused-ring (bicyclic) bond motifs is 2. The van der Waals surface area contributed by atoms with Crippen molar-refractivity contribution in [2.75, 3.05) is 11.4 Å². The number of para-hydroxylation sites is 1. The average Bonchev–Trinajstić information content (AvgIpc) is 3.35. The fraction of sp³-hybridized carbons (Fsp3) is 0.0476. The van der Waals surface area contributed by atoms with Gasteiger partial charge in [0.1, 0.15) is 4.53 Å². The molecular formula is C21H13BrN4O2S. The molecule has 0 saturated heterocycles. The maximum atomic E-state index is 13.1. The van der Waals surface area contributed by atoms with Crippen molar-refractivity contribution in [3.05, 3.63) is 86.1 Å². The third kappa shape index (κ3) is 2.67. The van der Waals surface area contributed by atoms with E-state index in [1.54, 1.807) is 11.0 Å². The summed E-state index contributed by atoms with van der Waals surface area (Å²) in [5.74, 6) is 0.252. The molecule has 0 radical (unpaired) electrons. The monoisotopic (exact) mass is 464 g/mol. The number of nitrogens with zero attached hydrogens (tertiary/aromatic N) is 4. The van der Waals surface area contributed by atoms with E-state index in [2.05, 4.69) is 32.6 Å². The summed E-state index contributed by atoms with van der Waals surface area (Å²) in [5, 5.41) is 4.39. The topological polar surface area (TPSA) is 67.6 Å². The molecule has 1 aliphatic rings. The summed E-state index contributed by atoms with van der Waals surface area (Å²) in [5.41, 5.74) is 2.38. The molecule has 2 aromatic heterocycles. The first-order valence-corrected chi connectivity index (χ1v) is 10.4. The van der Waals surface area contributed by atoms with Crippen LogP contribution in [0.4, 0.5) is 5.69 Å². The van der Waals surface area contributed by atoms with Gasteiger partial charge in [-0.15, -0.1) is 11.7 Å². The molecule has 4 aromatic rings. The van der Waals surface area contributed by atoms with Crippen molar-refractivity contribution >= 4 is 49.4 Å². The molecule has 0 atom stereocenters. The predicted octanol–water partition coefficient (Wildman–Crippen LogP) is 3.03. The molecule has 142 valence electrons. The van der Waals surface area contributed by atoms with Gasteiger partial charge in [0.2, 0.25) is 4.96 Å². The van der Waals surface area contributed by atoms with Gasteiger partial charge >= 0.3 is 0 Å². The zero-order valence-electron chi connectivity index (χ0n) is 15.0. The maximum Gasteiger partial charge on any atom is 0.291 e. The normalized spacial score (nSPS) is 15.2. The number of hydrogen-bond acceptors (Lipinski definition) is 5. The molecule has 2 aromatic carbocycles. The first-order chi connectivity index (χ1) is 14.1. The molecule has 1 aliphatic heterocycles. The van der Waals surface area contributed by atoms with Crippen molar-refractivity contribution in [2.45, 2.75) is 0 Å². The molecule has 6 nitrogen and oxygen atoms in total. The number of carbonyl (C=O) groups is 1. The number of anilines is 1. The second-order valence-corrected chi connectivity index (χ2v) is 8.27. The van der Waals surface area contributed by atoms with Crippen LogP contribution in [0, 0.1) is 0 Å². The van der Waals surface area contributed by atoms with Crippen LogP contribution in [0.5, 0.6) is 0 Å². The summed E-state index contributed by atoms with van der Waals surface area (Å²) in [6.45, 7) is 4.10. The van der Waals surface area contributed by atoms with E-state index >= 15 is 0 Å². The van der Waals surface area contributed by atoms with Crippen molar-refractivity contribution in [1.82, 2.24) is 14.6 Å². The van der Waals surface area contributed by atoms with Crippen LogP contribution in [-0.4, -0.2) is 27.0 Å². The largest absolute Gasteiger partial charge is 0.304 e. The molecule has 0 aliphatic carbocycles. The van der Waals surface area contributed by atoms with Gasteiger partial charge in [0.15, 0.2) is 5.82 Å². The quantitative estimate of drug-likeness (QED) is 0.437. The van der Waals surface area contributed by atoms with Crippen LogP contribution in [0.3, 0.4) is 0 Å². The van der Waals surface area contributed by atoms with Crippen LogP contribution in [0.15, 0.2) is 70.5 Å². The van der Waals surface area contributed by atoms with Gasteiger partial charge in [-0.3, -0.25) is 9.59 Å². The predicted molar refractivity (Wildman–Crippen MR) is 117 cm³/mol. The Morgan fingerprint density at radius 3 is 2.52 bits per heavy atom. The Morgan fingerprint density at radius 1 is 1.07 bits per heavy atom. The highest BCUT2D eigenvalue weighted by molar-refractivity contribution is 9.10. The molecule has 29 heavy (non-hydrogen) atoms.